The average Bonchev–Trinajstić information content (AvgIpc) is 3.10. The maximum absolute atomic E-state index is 13.3. The van der Waals surface area contributed by atoms with Crippen molar-refractivity contribution >= 4 is 33.4 Å². The number of carbonyl (C=O) groups is 1. The number of anilines is 1. The summed E-state index contributed by atoms with van der Waals surface area (Å²) in [6.45, 7) is 4.21. The summed E-state index contributed by atoms with van der Waals surface area (Å²) in [6.07, 6.45) is 3.19. The van der Waals surface area contributed by atoms with Gasteiger partial charge >= 0.3 is 0 Å². The SMILES string of the molecule is CSCC[C@H](NS(=O)(=O)c1cc(C)ccc1C)C(=O)N1CCc2ccccc21. The number of carbonyl (C=O) groups excluding carboxylic acids is 1. The van der Waals surface area contributed by atoms with Gasteiger partial charge in [-0.3, -0.25) is 4.79 Å². The Balaban J connectivity index is 1.88. The zero-order valence-electron chi connectivity index (χ0n) is 16.4. The van der Waals surface area contributed by atoms with Gasteiger partial charge in [-0.2, -0.15) is 16.5 Å². The van der Waals surface area contributed by atoms with Gasteiger partial charge in [-0.15, -0.1) is 0 Å². The highest BCUT2D eigenvalue weighted by Crippen LogP contribution is 2.28. The Bertz CT molecular complexity index is 973. The standard InChI is InChI=1S/C21H26N2O3S2/c1-15-8-9-16(2)20(14-15)28(25,26)22-18(11-13-27-3)21(24)23-12-10-17-6-4-5-7-19(17)23/h4-9,14,18,22H,10-13H2,1-3H3/t18-/m0/s1. The number of nitrogens with one attached hydrogen (secondary N) is 1. The summed E-state index contributed by atoms with van der Waals surface area (Å²) < 4.78 is 28.8. The molecule has 0 saturated carbocycles. The Kier molecular flexibility index (Phi) is 6.47. The molecule has 7 heteroatoms. The maximum Gasteiger partial charge on any atom is 0.245 e. The van der Waals surface area contributed by atoms with Crippen molar-refractivity contribution in [2.75, 3.05) is 23.5 Å². The van der Waals surface area contributed by atoms with Crippen molar-refractivity contribution in [1.82, 2.24) is 4.72 Å². The average molecular weight is 419 g/mol. The second-order valence-electron chi connectivity index (χ2n) is 7.09. The minimum absolute atomic E-state index is 0.187. The number of thioether (sulfide) groups is 1. The van der Waals surface area contributed by atoms with E-state index in [2.05, 4.69) is 4.72 Å². The normalized spacial score (nSPS) is 14.8. The van der Waals surface area contributed by atoms with E-state index < -0.39 is 16.1 Å². The van der Waals surface area contributed by atoms with Crippen molar-refractivity contribution in [3.8, 4) is 0 Å². The molecule has 1 aliphatic rings. The lowest BCUT2D eigenvalue weighted by Gasteiger charge is -2.25. The van der Waals surface area contributed by atoms with Crippen LogP contribution < -0.4 is 9.62 Å². The van der Waals surface area contributed by atoms with Gasteiger partial charge in [-0.05, 0) is 67.5 Å². The Morgan fingerprint density at radius 1 is 1.21 bits per heavy atom. The van der Waals surface area contributed by atoms with E-state index in [9.17, 15) is 13.2 Å². The molecule has 0 fully saturated rings. The van der Waals surface area contributed by atoms with E-state index in [0.717, 1.165) is 23.2 Å². The smallest absolute Gasteiger partial charge is 0.245 e. The van der Waals surface area contributed by atoms with E-state index in [-0.39, 0.29) is 10.8 Å². The predicted octanol–water partition coefficient (Wildman–Crippen LogP) is 3.29. The maximum atomic E-state index is 13.3. The monoisotopic (exact) mass is 418 g/mol. The molecule has 0 bridgehead atoms. The number of amides is 1. The minimum Gasteiger partial charge on any atom is -0.310 e. The minimum atomic E-state index is -3.80. The molecule has 0 aliphatic carbocycles. The quantitative estimate of drug-likeness (QED) is 0.749. The number of sulfonamides is 1. The van der Waals surface area contributed by atoms with Gasteiger partial charge in [0, 0.05) is 12.2 Å². The van der Waals surface area contributed by atoms with Crippen LogP contribution in [-0.2, 0) is 21.2 Å². The topological polar surface area (TPSA) is 66.5 Å². The van der Waals surface area contributed by atoms with Crippen LogP contribution in [-0.4, -0.2) is 38.9 Å². The summed E-state index contributed by atoms with van der Waals surface area (Å²) in [4.78, 5) is 15.2. The van der Waals surface area contributed by atoms with Crippen LogP contribution in [0.5, 0.6) is 0 Å². The molecule has 0 radical (unpaired) electrons. The molecule has 28 heavy (non-hydrogen) atoms. The third kappa shape index (κ3) is 4.42. The summed E-state index contributed by atoms with van der Waals surface area (Å²) in [5.74, 6) is 0.509. The van der Waals surface area contributed by atoms with Crippen molar-refractivity contribution in [3.05, 3.63) is 59.2 Å². The number of para-hydroxylation sites is 1. The molecule has 1 N–H and O–H groups in total. The van der Waals surface area contributed by atoms with Gasteiger partial charge < -0.3 is 4.90 Å². The number of hydrogen-bond acceptors (Lipinski definition) is 4. The fraction of sp³-hybridized carbons (Fsp3) is 0.381. The molecule has 0 unspecified atom stereocenters. The van der Waals surface area contributed by atoms with Gasteiger partial charge in [-0.1, -0.05) is 30.3 Å². The van der Waals surface area contributed by atoms with Crippen molar-refractivity contribution in [1.29, 1.82) is 0 Å². The first-order valence-electron chi connectivity index (χ1n) is 9.31. The lowest BCUT2D eigenvalue weighted by atomic mass is 10.1. The Morgan fingerprint density at radius 3 is 2.71 bits per heavy atom. The molecular formula is C21H26N2O3S2. The summed E-state index contributed by atoms with van der Waals surface area (Å²) in [7, 11) is -3.80. The molecule has 3 rings (SSSR count). The fourth-order valence-electron chi connectivity index (χ4n) is 3.47. The third-order valence-electron chi connectivity index (χ3n) is 4.99. The molecule has 2 aromatic rings. The number of fused-ring (bicyclic) bond motifs is 1. The van der Waals surface area contributed by atoms with E-state index in [1.165, 1.54) is 0 Å². The Hall–Kier alpha value is -1.83. The van der Waals surface area contributed by atoms with Crippen LogP contribution in [0.3, 0.4) is 0 Å². The Labute approximate surface area is 171 Å². The first-order chi connectivity index (χ1) is 13.3. The van der Waals surface area contributed by atoms with E-state index in [0.29, 0.717) is 24.3 Å². The molecule has 150 valence electrons. The van der Waals surface area contributed by atoms with Crippen LogP contribution >= 0.6 is 11.8 Å². The van der Waals surface area contributed by atoms with Crippen LogP contribution in [0.4, 0.5) is 5.69 Å². The largest absolute Gasteiger partial charge is 0.310 e. The number of nitrogens with zero attached hydrogens (tertiary/aromatic N) is 1. The van der Waals surface area contributed by atoms with Gasteiger partial charge in [0.1, 0.15) is 6.04 Å². The molecule has 0 spiro atoms. The molecule has 1 aliphatic heterocycles. The zero-order valence-corrected chi connectivity index (χ0v) is 18.1. The van der Waals surface area contributed by atoms with Crippen LogP contribution in [0.1, 0.15) is 23.1 Å². The highest BCUT2D eigenvalue weighted by molar-refractivity contribution is 7.98. The van der Waals surface area contributed by atoms with Crippen molar-refractivity contribution in [3.63, 3.8) is 0 Å². The second kappa shape index (κ2) is 8.68. The summed E-state index contributed by atoms with van der Waals surface area (Å²) in [6, 6.07) is 12.3. The second-order valence-corrected chi connectivity index (χ2v) is 9.76. The molecule has 1 atom stereocenters. The van der Waals surface area contributed by atoms with E-state index in [4.69, 9.17) is 0 Å². The van der Waals surface area contributed by atoms with Gasteiger partial charge in [0.2, 0.25) is 15.9 Å². The number of rotatable bonds is 7. The molecule has 5 nitrogen and oxygen atoms in total. The molecule has 0 saturated heterocycles. The van der Waals surface area contributed by atoms with Crippen LogP contribution in [0, 0.1) is 13.8 Å². The fourth-order valence-corrected chi connectivity index (χ4v) is 5.50. The van der Waals surface area contributed by atoms with Crippen LogP contribution in [0.15, 0.2) is 47.4 Å². The third-order valence-corrected chi connectivity index (χ3v) is 7.25. The van der Waals surface area contributed by atoms with Gasteiger partial charge in [0.25, 0.3) is 0 Å². The van der Waals surface area contributed by atoms with E-state index in [1.807, 2.05) is 43.5 Å². The molecule has 1 heterocycles. The Morgan fingerprint density at radius 2 is 1.96 bits per heavy atom. The number of hydrogen-bond donors (Lipinski definition) is 1. The van der Waals surface area contributed by atoms with Crippen molar-refractivity contribution < 1.29 is 13.2 Å². The van der Waals surface area contributed by atoms with Crippen LogP contribution in [0.2, 0.25) is 0 Å². The van der Waals surface area contributed by atoms with Gasteiger partial charge in [0.15, 0.2) is 0 Å². The number of aryl methyl sites for hydroxylation is 2. The zero-order chi connectivity index (χ0) is 20.3. The lowest BCUT2D eigenvalue weighted by Crippen LogP contribution is -2.48. The number of benzene rings is 2. The first-order valence-corrected chi connectivity index (χ1v) is 12.2. The van der Waals surface area contributed by atoms with Gasteiger partial charge in [-0.25, -0.2) is 8.42 Å². The first kappa shape index (κ1) is 20.9. The van der Waals surface area contributed by atoms with Crippen molar-refractivity contribution in [2.45, 2.75) is 37.6 Å². The summed E-state index contributed by atoms with van der Waals surface area (Å²) >= 11 is 1.60. The molecular weight excluding hydrogens is 392 g/mol. The molecule has 2 aromatic carbocycles. The highest BCUT2D eigenvalue weighted by atomic mass is 32.2. The van der Waals surface area contributed by atoms with Crippen molar-refractivity contribution in [2.24, 2.45) is 0 Å². The lowest BCUT2D eigenvalue weighted by molar-refractivity contribution is -0.120. The van der Waals surface area contributed by atoms with E-state index in [1.54, 1.807) is 35.7 Å². The summed E-state index contributed by atoms with van der Waals surface area (Å²) in [5, 5.41) is 0. The van der Waals surface area contributed by atoms with Crippen LogP contribution in [0.25, 0.3) is 0 Å². The molecule has 1 amide bonds. The molecule has 0 aromatic heterocycles. The predicted molar refractivity (Wildman–Crippen MR) is 116 cm³/mol. The highest BCUT2D eigenvalue weighted by Gasteiger charge is 2.33. The summed E-state index contributed by atoms with van der Waals surface area (Å²) in [5.41, 5.74) is 3.54. The van der Waals surface area contributed by atoms with E-state index >= 15 is 0 Å². The van der Waals surface area contributed by atoms with Gasteiger partial charge in [0.05, 0.1) is 4.90 Å².